The van der Waals surface area contributed by atoms with Gasteiger partial charge < -0.3 is 9.67 Å². The quantitative estimate of drug-likeness (QED) is 0.551. The third kappa shape index (κ3) is 2.96. The average molecular weight is 364 g/mol. The Morgan fingerprint density at radius 2 is 2.04 bits per heavy atom. The zero-order valence-electron chi connectivity index (χ0n) is 14.1. The molecule has 0 saturated heterocycles. The van der Waals surface area contributed by atoms with E-state index in [1.807, 2.05) is 47.5 Å². The topological polar surface area (TPSA) is 38.0 Å². The van der Waals surface area contributed by atoms with Gasteiger partial charge in [0.2, 0.25) is 0 Å². The van der Waals surface area contributed by atoms with Gasteiger partial charge in [0.1, 0.15) is 11.9 Å². The van der Waals surface area contributed by atoms with Gasteiger partial charge in [0.25, 0.3) is 0 Å². The second-order valence-corrected chi connectivity index (χ2v) is 7.04. The van der Waals surface area contributed by atoms with Crippen LogP contribution in [0.15, 0.2) is 72.5 Å². The van der Waals surface area contributed by atoms with E-state index >= 15 is 0 Å². The van der Waals surface area contributed by atoms with Crippen LogP contribution in [-0.4, -0.2) is 14.7 Å². The van der Waals surface area contributed by atoms with Crippen LogP contribution in [0.2, 0.25) is 0 Å². The molecule has 130 valence electrons. The molecule has 0 bridgehead atoms. The van der Waals surface area contributed by atoms with Gasteiger partial charge in [-0.1, -0.05) is 24.3 Å². The highest BCUT2D eigenvalue weighted by molar-refractivity contribution is 7.13. The molecule has 0 spiro atoms. The molecule has 3 nitrogen and oxygen atoms in total. The Kier molecular flexibility index (Phi) is 4.41. The van der Waals surface area contributed by atoms with Gasteiger partial charge in [-0.05, 0) is 29.6 Å². The van der Waals surface area contributed by atoms with Crippen LogP contribution in [0.4, 0.5) is 4.39 Å². The number of hydrogen-bond donors (Lipinski definition) is 1. The van der Waals surface area contributed by atoms with Crippen LogP contribution in [0, 0.1) is 5.82 Å². The third-order valence-corrected chi connectivity index (χ3v) is 5.28. The molecule has 1 atom stereocenters. The van der Waals surface area contributed by atoms with Crippen molar-refractivity contribution in [3.63, 3.8) is 0 Å². The number of halogens is 1. The molecule has 4 aromatic rings. The number of hydrogen-bond acceptors (Lipinski definition) is 3. The Morgan fingerprint density at radius 3 is 2.73 bits per heavy atom. The maximum Gasteiger partial charge on any atom is 0.123 e. The van der Waals surface area contributed by atoms with E-state index in [1.54, 1.807) is 35.9 Å². The largest absolute Gasteiger partial charge is 0.383 e. The maximum atomic E-state index is 13.8. The number of nitrogens with zero attached hydrogens (tertiary/aromatic N) is 2. The van der Waals surface area contributed by atoms with Crippen molar-refractivity contribution >= 4 is 11.3 Å². The van der Waals surface area contributed by atoms with E-state index in [2.05, 4.69) is 4.98 Å². The summed E-state index contributed by atoms with van der Waals surface area (Å²) in [6, 6.07) is 14.1. The molecule has 1 unspecified atom stereocenters. The molecule has 0 radical (unpaired) electrons. The lowest BCUT2D eigenvalue weighted by molar-refractivity contribution is 0.221. The third-order valence-electron chi connectivity index (χ3n) is 4.38. The van der Waals surface area contributed by atoms with Crippen molar-refractivity contribution < 1.29 is 9.50 Å². The molecule has 0 aliphatic carbocycles. The zero-order valence-corrected chi connectivity index (χ0v) is 14.9. The minimum Gasteiger partial charge on any atom is -0.383 e. The second kappa shape index (κ2) is 6.86. The van der Waals surface area contributed by atoms with Gasteiger partial charge in [-0.3, -0.25) is 4.98 Å². The van der Waals surface area contributed by atoms with Crippen LogP contribution in [0.3, 0.4) is 0 Å². The lowest BCUT2D eigenvalue weighted by Crippen LogP contribution is -2.03. The first-order valence-electron chi connectivity index (χ1n) is 8.22. The van der Waals surface area contributed by atoms with E-state index in [1.165, 1.54) is 12.1 Å². The van der Waals surface area contributed by atoms with Gasteiger partial charge in [0, 0.05) is 52.8 Å². The summed E-state index contributed by atoms with van der Waals surface area (Å²) in [5.74, 6) is -0.303. The predicted molar refractivity (Wildman–Crippen MR) is 102 cm³/mol. The molecule has 0 amide bonds. The highest BCUT2D eigenvalue weighted by Crippen LogP contribution is 2.41. The van der Waals surface area contributed by atoms with Gasteiger partial charge in [-0.15, -0.1) is 11.3 Å². The molecule has 0 aliphatic heterocycles. The SMILES string of the molecule is Cn1cc(-c2cccs2)c(C(O)c2cccnc2)c1-c1cccc(F)c1. The highest BCUT2D eigenvalue weighted by Gasteiger charge is 2.25. The number of aryl methyl sites for hydroxylation is 1. The number of aliphatic hydroxyl groups is 1. The number of aliphatic hydroxyl groups excluding tert-OH is 1. The van der Waals surface area contributed by atoms with Crippen LogP contribution < -0.4 is 0 Å². The molecule has 26 heavy (non-hydrogen) atoms. The fourth-order valence-electron chi connectivity index (χ4n) is 3.25. The molecule has 0 aliphatic rings. The van der Waals surface area contributed by atoms with Crippen LogP contribution in [0.5, 0.6) is 0 Å². The fraction of sp³-hybridized carbons (Fsp3) is 0.0952. The molecule has 5 heteroatoms. The fourth-order valence-corrected chi connectivity index (χ4v) is 4.00. The number of aromatic nitrogens is 2. The lowest BCUT2D eigenvalue weighted by Gasteiger charge is -2.16. The molecule has 1 aromatic carbocycles. The summed E-state index contributed by atoms with van der Waals surface area (Å²) in [4.78, 5) is 5.18. The summed E-state index contributed by atoms with van der Waals surface area (Å²) in [7, 11) is 1.91. The smallest absolute Gasteiger partial charge is 0.123 e. The van der Waals surface area contributed by atoms with Gasteiger partial charge >= 0.3 is 0 Å². The van der Waals surface area contributed by atoms with Gasteiger partial charge in [-0.25, -0.2) is 4.39 Å². The normalized spacial score (nSPS) is 12.3. The van der Waals surface area contributed by atoms with Crippen molar-refractivity contribution in [2.24, 2.45) is 7.05 Å². The van der Waals surface area contributed by atoms with E-state index < -0.39 is 6.10 Å². The average Bonchev–Trinajstić information content (AvgIpc) is 3.29. The number of benzene rings is 1. The first-order chi connectivity index (χ1) is 12.6. The number of pyridine rings is 1. The van der Waals surface area contributed by atoms with E-state index in [0.717, 1.165) is 27.3 Å². The van der Waals surface area contributed by atoms with E-state index in [9.17, 15) is 9.50 Å². The van der Waals surface area contributed by atoms with Crippen molar-refractivity contribution in [1.82, 2.24) is 9.55 Å². The van der Waals surface area contributed by atoms with E-state index in [4.69, 9.17) is 0 Å². The Balaban J connectivity index is 1.97. The van der Waals surface area contributed by atoms with E-state index in [0.29, 0.717) is 5.56 Å². The number of thiophene rings is 1. The minimum absolute atomic E-state index is 0.303. The van der Waals surface area contributed by atoms with Crippen LogP contribution in [0.25, 0.3) is 21.7 Å². The maximum absolute atomic E-state index is 13.8. The monoisotopic (exact) mass is 364 g/mol. The summed E-state index contributed by atoms with van der Waals surface area (Å²) < 4.78 is 15.8. The zero-order chi connectivity index (χ0) is 18.1. The molecule has 0 saturated carbocycles. The second-order valence-electron chi connectivity index (χ2n) is 6.09. The van der Waals surface area contributed by atoms with Crippen molar-refractivity contribution in [3.05, 3.63) is 89.4 Å². The van der Waals surface area contributed by atoms with Gasteiger partial charge in [0.15, 0.2) is 0 Å². The van der Waals surface area contributed by atoms with Gasteiger partial charge in [-0.2, -0.15) is 0 Å². The van der Waals surface area contributed by atoms with Crippen molar-refractivity contribution in [2.45, 2.75) is 6.10 Å². The first-order valence-corrected chi connectivity index (χ1v) is 9.10. The molecule has 3 aromatic heterocycles. The highest BCUT2D eigenvalue weighted by atomic mass is 32.1. The standard InChI is InChI=1S/C21H17FN2OS/c1-24-13-17(18-8-4-10-26-18)19(21(25)15-6-3-9-23-12-15)20(24)14-5-2-7-16(22)11-14/h2-13,21,25H,1H3. The van der Waals surface area contributed by atoms with Crippen LogP contribution >= 0.6 is 11.3 Å². The summed E-state index contributed by atoms with van der Waals surface area (Å²) in [6.07, 6.45) is 4.46. The summed E-state index contributed by atoms with van der Waals surface area (Å²) in [5, 5.41) is 13.2. The molecular weight excluding hydrogens is 347 g/mol. The molecule has 3 heterocycles. The molecule has 0 fully saturated rings. The molecule has 1 N–H and O–H groups in total. The Labute approximate surface area is 155 Å². The predicted octanol–water partition coefficient (Wildman–Crippen LogP) is 5.04. The van der Waals surface area contributed by atoms with Crippen molar-refractivity contribution in [2.75, 3.05) is 0 Å². The van der Waals surface area contributed by atoms with Crippen LogP contribution in [-0.2, 0) is 7.05 Å². The van der Waals surface area contributed by atoms with Crippen LogP contribution in [0.1, 0.15) is 17.2 Å². The minimum atomic E-state index is -0.861. The first kappa shape index (κ1) is 16.7. The lowest BCUT2D eigenvalue weighted by atomic mass is 9.95. The Morgan fingerprint density at radius 1 is 1.15 bits per heavy atom. The van der Waals surface area contributed by atoms with E-state index in [-0.39, 0.29) is 5.82 Å². The van der Waals surface area contributed by atoms with Crippen molar-refractivity contribution in [3.8, 4) is 21.7 Å². The molecule has 4 rings (SSSR count). The number of rotatable bonds is 4. The Bertz CT molecular complexity index is 1030. The van der Waals surface area contributed by atoms with Gasteiger partial charge in [0.05, 0.1) is 5.69 Å². The Hall–Kier alpha value is -2.76. The summed E-state index contributed by atoms with van der Waals surface area (Å²) >= 11 is 1.61. The summed E-state index contributed by atoms with van der Waals surface area (Å²) in [5.41, 5.74) is 3.93. The molecular formula is C21H17FN2OS. The van der Waals surface area contributed by atoms with Crippen molar-refractivity contribution in [1.29, 1.82) is 0 Å². The summed E-state index contributed by atoms with van der Waals surface area (Å²) in [6.45, 7) is 0.